The van der Waals surface area contributed by atoms with Gasteiger partial charge in [0.25, 0.3) is 0 Å². The van der Waals surface area contributed by atoms with Crippen LogP contribution in [0.25, 0.3) is 0 Å². The Morgan fingerprint density at radius 3 is 2.50 bits per heavy atom. The Morgan fingerprint density at radius 1 is 1.06 bits per heavy atom. The van der Waals surface area contributed by atoms with Crippen molar-refractivity contribution in [3.05, 3.63) is 0 Å². The maximum absolute atomic E-state index is 3.79. The highest BCUT2D eigenvalue weighted by atomic mass is 15.2. The van der Waals surface area contributed by atoms with E-state index in [4.69, 9.17) is 0 Å². The van der Waals surface area contributed by atoms with Crippen molar-refractivity contribution in [1.82, 2.24) is 10.2 Å². The SMILES string of the molecule is CCC1CCC(N2CCCNC(C3CC3)C2)CC1. The molecule has 104 valence electrons. The topological polar surface area (TPSA) is 15.3 Å². The van der Waals surface area contributed by atoms with Crippen molar-refractivity contribution in [3.63, 3.8) is 0 Å². The molecule has 0 amide bonds. The van der Waals surface area contributed by atoms with Crippen LogP contribution in [0, 0.1) is 11.8 Å². The van der Waals surface area contributed by atoms with Gasteiger partial charge in [0.1, 0.15) is 0 Å². The lowest BCUT2D eigenvalue weighted by Gasteiger charge is -2.37. The maximum Gasteiger partial charge on any atom is 0.0223 e. The number of nitrogens with zero attached hydrogens (tertiary/aromatic N) is 1. The van der Waals surface area contributed by atoms with Crippen LogP contribution in [-0.2, 0) is 0 Å². The first-order valence-electron chi connectivity index (χ1n) is 8.34. The summed E-state index contributed by atoms with van der Waals surface area (Å²) >= 11 is 0. The summed E-state index contributed by atoms with van der Waals surface area (Å²) in [4.78, 5) is 2.84. The molecular weight excluding hydrogens is 220 g/mol. The van der Waals surface area contributed by atoms with Crippen LogP contribution in [0.4, 0.5) is 0 Å². The summed E-state index contributed by atoms with van der Waals surface area (Å²) < 4.78 is 0. The summed E-state index contributed by atoms with van der Waals surface area (Å²) in [5, 5.41) is 3.79. The van der Waals surface area contributed by atoms with Crippen molar-refractivity contribution in [2.45, 2.75) is 70.4 Å². The molecule has 0 spiro atoms. The van der Waals surface area contributed by atoms with Gasteiger partial charge in [-0.15, -0.1) is 0 Å². The second-order valence-electron chi connectivity index (χ2n) is 6.83. The summed E-state index contributed by atoms with van der Waals surface area (Å²) in [6.45, 7) is 6.30. The molecule has 0 aromatic carbocycles. The van der Waals surface area contributed by atoms with Crippen LogP contribution in [0.2, 0.25) is 0 Å². The molecule has 3 aliphatic rings. The smallest absolute Gasteiger partial charge is 0.0223 e. The Bertz CT molecular complexity index is 254. The fraction of sp³-hybridized carbons (Fsp3) is 1.00. The predicted octanol–water partition coefficient (Wildman–Crippen LogP) is 3.03. The average Bonchev–Trinajstić information content (AvgIpc) is 3.24. The largest absolute Gasteiger partial charge is 0.312 e. The molecule has 0 bridgehead atoms. The Kier molecular flexibility index (Phi) is 4.25. The lowest BCUT2D eigenvalue weighted by molar-refractivity contribution is 0.130. The van der Waals surface area contributed by atoms with Gasteiger partial charge >= 0.3 is 0 Å². The van der Waals surface area contributed by atoms with E-state index in [0.717, 1.165) is 23.9 Å². The molecule has 0 radical (unpaired) electrons. The molecule has 0 aromatic heterocycles. The van der Waals surface area contributed by atoms with Crippen molar-refractivity contribution in [3.8, 4) is 0 Å². The van der Waals surface area contributed by atoms with Gasteiger partial charge in [0, 0.05) is 18.6 Å². The minimum Gasteiger partial charge on any atom is -0.312 e. The number of hydrogen-bond acceptors (Lipinski definition) is 2. The van der Waals surface area contributed by atoms with E-state index in [1.807, 2.05) is 0 Å². The zero-order valence-corrected chi connectivity index (χ0v) is 12.0. The molecule has 1 N–H and O–H groups in total. The van der Waals surface area contributed by atoms with E-state index >= 15 is 0 Å². The zero-order chi connectivity index (χ0) is 12.4. The minimum absolute atomic E-state index is 0.816. The number of nitrogens with one attached hydrogen (secondary N) is 1. The summed E-state index contributed by atoms with van der Waals surface area (Å²) in [5.41, 5.74) is 0. The van der Waals surface area contributed by atoms with Crippen LogP contribution in [0.1, 0.15) is 58.3 Å². The van der Waals surface area contributed by atoms with Crippen LogP contribution in [0.15, 0.2) is 0 Å². The van der Waals surface area contributed by atoms with E-state index in [9.17, 15) is 0 Å². The third kappa shape index (κ3) is 3.08. The lowest BCUT2D eigenvalue weighted by atomic mass is 9.84. The summed E-state index contributed by atoms with van der Waals surface area (Å²) in [5.74, 6) is 2.04. The number of hydrogen-bond donors (Lipinski definition) is 1. The highest BCUT2D eigenvalue weighted by Crippen LogP contribution is 2.35. The first kappa shape index (κ1) is 12.9. The van der Waals surface area contributed by atoms with Gasteiger partial charge in [-0.25, -0.2) is 0 Å². The first-order chi connectivity index (χ1) is 8.86. The molecule has 2 saturated carbocycles. The molecular formula is C16H30N2. The second kappa shape index (κ2) is 5.92. The van der Waals surface area contributed by atoms with Crippen molar-refractivity contribution >= 4 is 0 Å². The van der Waals surface area contributed by atoms with Crippen LogP contribution in [0.5, 0.6) is 0 Å². The standard InChI is InChI=1S/C16H30N2/c1-2-13-4-8-15(9-5-13)18-11-3-10-17-16(12-18)14-6-7-14/h13-17H,2-12H2,1H3. The Hall–Kier alpha value is -0.0800. The molecule has 2 aliphatic carbocycles. The van der Waals surface area contributed by atoms with Crippen LogP contribution < -0.4 is 5.32 Å². The second-order valence-corrected chi connectivity index (χ2v) is 6.83. The Balaban J connectivity index is 1.53. The van der Waals surface area contributed by atoms with E-state index < -0.39 is 0 Å². The normalized spacial score (nSPS) is 39.5. The summed E-state index contributed by atoms with van der Waals surface area (Å²) in [7, 11) is 0. The third-order valence-corrected chi connectivity index (χ3v) is 5.56. The third-order valence-electron chi connectivity index (χ3n) is 5.56. The van der Waals surface area contributed by atoms with Crippen molar-refractivity contribution < 1.29 is 0 Å². The fourth-order valence-corrected chi connectivity index (χ4v) is 4.04. The lowest BCUT2D eigenvalue weighted by Crippen LogP contribution is -2.45. The maximum atomic E-state index is 3.79. The van der Waals surface area contributed by atoms with Gasteiger partial charge in [-0.05, 0) is 69.9 Å². The van der Waals surface area contributed by atoms with E-state index in [1.54, 1.807) is 0 Å². The molecule has 3 fully saturated rings. The van der Waals surface area contributed by atoms with Gasteiger partial charge in [0.2, 0.25) is 0 Å². The molecule has 0 aromatic rings. The molecule has 2 heteroatoms. The quantitative estimate of drug-likeness (QED) is 0.828. The van der Waals surface area contributed by atoms with Crippen molar-refractivity contribution in [1.29, 1.82) is 0 Å². The van der Waals surface area contributed by atoms with Crippen LogP contribution in [0.3, 0.4) is 0 Å². The van der Waals surface area contributed by atoms with E-state index in [2.05, 4.69) is 17.1 Å². The fourth-order valence-electron chi connectivity index (χ4n) is 4.04. The van der Waals surface area contributed by atoms with Crippen LogP contribution >= 0.6 is 0 Å². The Labute approximate surface area is 113 Å². The van der Waals surface area contributed by atoms with Gasteiger partial charge < -0.3 is 5.32 Å². The average molecular weight is 250 g/mol. The molecule has 2 nitrogen and oxygen atoms in total. The molecule has 1 saturated heterocycles. The monoisotopic (exact) mass is 250 g/mol. The van der Waals surface area contributed by atoms with Crippen LogP contribution in [-0.4, -0.2) is 36.6 Å². The molecule has 18 heavy (non-hydrogen) atoms. The summed E-state index contributed by atoms with van der Waals surface area (Å²) in [6, 6.07) is 1.73. The minimum atomic E-state index is 0.816. The van der Waals surface area contributed by atoms with E-state index in [-0.39, 0.29) is 0 Å². The molecule has 1 atom stereocenters. The molecule has 3 rings (SSSR count). The van der Waals surface area contributed by atoms with E-state index in [0.29, 0.717) is 0 Å². The Morgan fingerprint density at radius 2 is 1.83 bits per heavy atom. The van der Waals surface area contributed by atoms with Gasteiger partial charge in [0.05, 0.1) is 0 Å². The number of rotatable bonds is 3. The first-order valence-corrected chi connectivity index (χ1v) is 8.34. The molecule has 1 heterocycles. The van der Waals surface area contributed by atoms with Crippen molar-refractivity contribution in [2.75, 3.05) is 19.6 Å². The van der Waals surface area contributed by atoms with Gasteiger partial charge in [-0.1, -0.05) is 13.3 Å². The van der Waals surface area contributed by atoms with Gasteiger partial charge in [-0.2, -0.15) is 0 Å². The molecule has 1 unspecified atom stereocenters. The zero-order valence-electron chi connectivity index (χ0n) is 12.0. The molecule has 1 aliphatic heterocycles. The van der Waals surface area contributed by atoms with Crippen molar-refractivity contribution in [2.24, 2.45) is 11.8 Å². The highest BCUT2D eigenvalue weighted by molar-refractivity contribution is 4.92. The van der Waals surface area contributed by atoms with E-state index in [1.165, 1.54) is 71.0 Å². The highest BCUT2D eigenvalue weighted by Gasteiger charge is 2.35. The van der Waals surface area contributed by atoms with Gasteiger partial charge in [0.15, 0.2) is 0 Å². The van der Waals surface area contributed by atoms with Gasteiger partial charge in [-0.3, -0.25) is 4.90 Å². The predicted molar refractivity (Wildman–Crippen MR) is 76.7 cm³/mol. The summed E-state index contributed by atoms with van der Waals surface area (Å²) in [6.07, 6.45) is 11.6.